The molecular weight excluding hydrogens is 216 g/mol. The van der Waals surface area contributed by atoms with E-state index in [1.807, 2.05) is 0 Å². The summed E-state index contributed by atoms with van der Waals surface area (Å²) < 4.78 is 5.03. The number of rotatable bonds is 0. The topological polar surface area (TPSA) is 58.9 Å². The second-order valence-corrected chi connectivity index (χ2v) is 3.61. The molecule has 4 nitrogen and oxygen atoms in total. The molecule has 0 spiro atoms. The normalized spacial score (nSPS) is 11.3. The Morgan fingerprint density at radius 2 is 2.27 bits per heavy atom. The molecule has 15 heavy (non-hydrogen) atoms. The first kappa shape index (κ1) is 8.49. The van der Waals surface area contributed by atoms with E-state index in [-0.39, 0.29) is 0 Å². The molecule has 3 aromatic rings. The van der Waals surface area contributed by atoms with E-state index in [1.54, 1.807) is 24.4 Å². The minimum atomic E-state index is -0.478. The summed E-state index contributed by atoms with van der Waals surface area (Å²) in [4.78, 5) is 17.7. The fraction of sp³-hybridized carbons (Fsp3) is 0. The van der Waals surface area contributed by atoms with Crippen LogP contribution in [-0.2, 0) is 0 Å². The highest BCUT2D eigenvalue weighted by molar-refractivity contribution is 6.31. The second-order valence-electron chi connectivity index (χ2n) is 3.18. The largest absolute Gasteiger partial charge is 0.417 e. The summed E-state index contributed by atoms with van der Waals surface area (Å²) in [6, 6.07) is 5.24. The molecule has 1 N–H and O–H groups in total. The molecule has 74 valence electrons. The Hall–Kier alpha value is -1.81. The van der Waals surface area contributed by atoms with Crippen molar-refractivity contribution >= 4 is 33.6 Å². The smallest absolute Gasteiger partial charge is 0.407 e. The van der Waals surface area contributed by atoms with Gasteiger partial charge in [0.15, 0.2) is 5.58 Å². The Kier molecular flexibility index (Phi) is 1.61. The van der Waals surface area contributed by atoms with Gasteiger partial charge in [0.1, 0.15) is 5.52 Å². The van der Waals surface area contributed by atoms with Gasteiger partial charge < -0.3 is 4.42 Å². The van der Waals surface area contributed by atoms with Crippen molar-refractivity contribution in [1.82, 2.24) is 9.97 Å². The van der Waals surface area contributed by atoms with Gasteiger partial charge in [-0.15, -0.1) is 0 Å². The third-order valence-corrected chi connectivity index (χ3v) is 2.45. The number of H-pyrrole nitrogens is 1. The fourth-order valence-electron chi connectivity index (χ4n) is 1.57. The number of nitrogens with zero attached hydrogens (tertiary/aromatic N) is 1. The van der Waals surface area contributed by atoms with E-state index in [0.717, 1.165) is 5.39 Å². The Labute approximate surface area is 88.5 Å². The van der Waals surface area contributed by atoms with Gasteiger partial charge in [-0.2, -0.15) is 0 Å². The van der Waals surface area contributed by atoms with E-state index in [0.29, 0.717) is 21.6 Å². The molecule has 5 heteroatoms. The van der Waals surface area contributed by atoms with Crippen molar-refractivity contribution in [2.45, 2.75) is 0 Å². The van der Waals surface area contributed by atoms with Crippen LogP contribution in [0.4, 0.5) is 0 Å². The Bertz CT molecular complexity index is 714. The average molecular weight is 221 g/mol. The number of pyridine rings is 1. The van der Waals surface area contributed by atoms with Crippen LogP contribution in [0.15, 0.2) is 33.6 Å². The molecule has 0 atom stereocenters. The van der Waals surface area contributed by atoms with E-state index in [2.05, 4.69) is 9.97 Å². The second kappa shape index (κ2) is 2.84. The number of hydrogen-bond donors (Lipinski definition) is 1. The maximum Gasteiger partial charge on any atom is 0.417 e. The first-order valence-electron chi connectivity index (χ1n) is 4.31. The van der Waals surface area contributed by atoms with Crippen LogP contribution in [0.3, 0.4) is 0 Å². The molecule has 0 amide bonds. The average Bonchev–Trinajstić information content (AvgIpc) is 2.58. The van der Waals surface area contributed by atoms with Gasteiger partial charge in [-0.25, -0.2) is 4.79 Å². The number of benzene rings is 1. The molecule has 0 aliphatic rings. The zero-order chi connectivity index (χ0) is 10.4. The summed E-state index contributed by atoms with van der Waals surface area (Å²) in [5.74, 6) is -0.478. The fourth-order valence-corrected chi connectivity index (χ4v) is 1.73. The van der Waals surface area contributed by atoms with Gasteiger partial charge >= 0.3 is 5.76 Å². The molecule has 2 heterocycles. The quantitative estimate of drug-likeness (QED) is 0.633. The highest BCUT2D eigenvalue weighted by Gasteiger charge is 2.06. The number of hydrogen-bond acceptors (Lipinski definition) is 3. The maximum atomic E-state index is 11.0. The van der Waals surface area contributed by atoms with Crippen LogP contribution in [0.25, 0.3) is 22.0 Å². The molecule has 0 saturated carbocycles. The molecular formula is C10H5ClN2O2. The predicted octanol–water partition coefficient (Wildman–Crippen LogP) is 2.32. The maximum absolute atomic E-state index is 11.0. The van der Waals surface area contributed by atoms with E-state index in [4.69, 9.17) is 16.0 Å². The van der Waals surface area contributed by atoms with Crippen molar-refractivity contribution in [2.24, 2.45) is 0 Å². The van der Waals surface area contributed by atoms with E-state index in [1.165, 1.54) is 0 Å². The van der Waals surface area contributed by atoms with Crippen LogP contribution >= 0.6 is 11.6 Å². The minimum Gasteiger partial charge on any atom is -0.407 e. The highest BCUT2D eigenvalue weighted by atomic mass is 35.5. The van der Waals surface area contributed by atoms with Gasteiger partial charge in [0, 0.05) is 10.4 Å². The molecule has 1 aromatic carbocycles. The van der Waals surface area contributed by atoms with E-state index in [9.17, 15) is 4.79 Å². The summed E-state index contributed by atoms with van der Waals surface area (Å²) in [5, 5.41) is 1.38. The molecule has 0 aliphatic carbocycles. The lowest BCUT2D eigenvalue weighted by atomic mass is 10.2. The van der Waals surface area contributed by atoms with Crippen LogP contribution in [0.1, 0.15) is 0 Å². The minimum absolute atomic E-state index is 0.478. The van der Waals surface area contributed by atoms with Crippen molar-refractivity contribution in [1.29, 1.82) is 0 Å². The molecule has 3 rings (SSSR count). The number of aromatic amines is 1. The van der Waals surface area contributed by atoms with Crippen LogP contribution in [-0.4, -0.2) is 9.97 Å². The summed E-state index contributed by atoms with van der Waals surface area (Å²) in [6.45, 7) is 0. The monoisotopic (exact) mass is 220 g/mol. The molecule has 0 fully saturated rings. The zero-order valence-corrected chi connectivity index (χ0v) is 8.21. The number of fused-ring (bicyclic) bond motifs is 3. The van der Waals surface area contributed by atoms with Gasteiger partial charge in [-0.3, -0.25) is 9.97 Å². The summed E-state index contributed by atoms with van der Waals surface area (Å²) in [6.07, 6.45) is 1.55. The Balaban J connectivity index is 2.59. The number of nitrogens with one attached hydrogen (secondary N) is 1. The molecule has 0 bridgehead atoms. The summed E-state index contributed by atoms with van der Waals surface area (Å²) in [7, 11) is 0. The zero-order valence-electron chi connectivity index (χ0n) is 7.45. The van der Waals surface area contributed by atoms with E-state index >= 15 is 0 Å². The van der Waals surface area contributed by atoms with Crippen molar-refractivity contribution in [3.05, 3.63) is 40.0 Å². The number of oxazole rings is 1. The SMILES string of the molecule is O=c1[nH]c2cnc3cc(Cl)ccc3c2o1. The lowest BCUT2D eigenvalue weighted by molar-refractivity contribution is 0.558. The molecule has 0 aliphatic heterocycles. The first-order chi connectivity index (χ1) is 7.24. The Morgan fingerprint density at radius 3 is 3.13 bits per heavy atom. The third-order valence-electron chi connectivity index (χ3n) is 2.21. The standard InChI is InChI=1S/C10H5ClN2O2/c11-5-1-2-6-7(3-5)12-4-8-9(6)15-10(14)13-8/h1-4H,(H,13,14). The van der Waals surface area contributed by atoms with Crippen molar-refractivity contribution in [2.75, 3.05) is 0 Å². The lowest BCUT2D eigenvalue weighted by Gasteiger charge is -1.96. The van der Waals surface area contributed by atoms with Gasteiger partial charge in [0.05, 0.1) is 11.7 Å². The molecule has 2 aromatic heterocycles. The van der Waals surface area contributed by atoms with Gasteiger partial charge in [0.2, 0.25) is 0 Å². The highest BCUT2D eigenvalue weighted by Crippen LogP contribution is 2.23. The summed E-state index contributed by atoms with van der Waals surface area (Å²) in [5.41, 5.74) is 1.81. The van der Waals surface area contributed by atoms with Crippen LogP contribution < -0.4 is 5.76 Å². The predicted molar refractivity (Wildman–Crippen MR) is 57.1 cm³/mol. The van der Waals surface area contributed by atoms with Crippen molar-refractivity contribution < 1.29 is 4.42 Å². The molecule has 0 radical (unpaired) electrons. The van der Waals surface area contributed by atoms with Gasteiger partial charge in [0.25, 0.3) is 0 Å². The Morgan fingerprint density at radius 1 is 1.40 bits per heavy atom. The van der Waals surface area contributed by atoms with Crippen LogP contribution in [0, 0.1) is 0 Å². The molecule has 0 unspecified atom stereocenters. The van der Waals surface area contributed by atoms with Crippen LogP contribution in [0.2, 0.25) is 5.02 Å². The van der Waals surface area contributed by atoms with Gasteiger partial charge in [-0.1, -0.05) is 11.6 Å². The van der Waals surface area contributed by atoms with Crippen molar-refractivity contribution in [3.63, 3.8) is 0 Å². The number of aromatic nitrogens is 2. The van der Waals surface area contributed by atoms with Crippen LogP contribution in [0.5, 0.6) is 0 Å². The number of halogens is 1. The first-order valence-corrected chi connectivity index (χ1v) is 4.69. The van der Waals surface area contributed by atoms with Gasteiger partial charge in [-0.05, 0) is 18.2 Å². The lowest BCUT2D eigenvalue weighted by Crippen LogP contribution is -1.92. The third kappa shape index (κ3) is 1.22. The van der Waals surface area contributed by atoms with Crippen molar-refractivity contribution in [3.8, 4) is 0 Å². The van der Waals surface area contributed by atoms with E-state index < -0.39 is 5.76 Å². The summed E-state index contributed by atoms with van der Waals surface area (Å²) >= 11 is 5.83. The molecule has 0 saturated heterocycles.